The summed E-state index contributed by atoms with van der Waals surface area (Å²) in [6.45, 7) is 6.69. The van der Waals surface area contributed by atoms with Crippen LogP contribution in [0.3, 0.4) is 0 Å². The van der Waals surface area contributed by atoms with E-state index in [-0.39, 0.29) is 31.1 Å². The van der Waals surface area contributed by atoms with Crippen molar-refractivity contribution in [1.29, 1.82) is 0 Å². The fourth-order valence-corrected chi connectivity index (χ4v) is 10.4. The molecule has 0 bridgehead atoms. The van der Waals surface area contributed by atoms with E-state index >= 15 is 0 Å². The Bertz CT molecular complexity index is 1290. The van der Waals surface area contributed by atoms with E-state index in [0.717, 1.165) is 70.6 Å². The van der Waals surface area contributed by atoms with Gasteiger partial charge in [0.05, 0.1) is 0 Å². The Hall–Kier alpha value is -2.37. The summed E-state index contributed by atoms with van der Waals surface area (Å²) in [5.41, 5.74) is 0. The van der Waals surface area contributed by atoms with Crippen molar-refractivity contribution in [2.75, 3.05) is 13.2 Å². The molecule has 1 unspecified atom stereocenters. The number of hydrogen-bond donors (Lipinski definition) is 0. The van der Waals surface area contributed by atoms with E-state index in [1.807, 2.05) is 0 Å². The Morgan fingerprint density at radius 3 is 0.740 bits per heavy atom. The van der Waals surface area contributed by atoms with Crippen molar-refractivity contribution in [2.45, 2.75) is 386 Å². The first kappa shape index (κ1) is 74.6. The summed E-state index contributed by atoms with van der Waals surface area (Å²) in [7, 11) is 0. The smallest absolute Gasteiger partial charge is 0.306 e. The van der Waals surface area contributed by atoms with Crippen LogP contribution in [-0.4, -0.2) is 37.2 Å². The van der Waals surface area contributed by atoms with E-state index in [9.17, 15) is 14.4 Å². The van der Waals surface area contributed by atoms with E-state index < -0.39 is 6.10 Å². The van der Waals surface area contributed by atoms with Gasteiger partial charge in [0.15, 0.2) is 6.10 Å². The molecular weight excluding hydrogens is 949 g/mol. The Kier molecular flexibility index (Phi) is 64.1. The van der Waals surface area contributed by atoms with Gasteiger partial charge >= 0.3 is 17.9 Å². The second-order valence-electron chi connectivity index (χ2n) is 23.4. The highest BCUT2D eigenvalue weighted by Crippen LogP contribution is 2.18. The molecule has 0 rings (SSSR count). The molecule has 77 heavy (non-hydrogen) atoms. The number of ether oxygens (including phenoxy) is 3. The third-order valence-corrected chi connectivity index (χ3v) is 15.6. The van der Waals surface area contributed by atoms with E-state index in [0.29, 0.717) is 19.3 Å². The van der Waals surface area contributed by atoms with Gasteiger partial charge in [0.1, 0.15) is 13.2 Å². The van der Waals surface area contributed by atoms with Crippen molar-refractivity contribution in [2.24, 2.45) is 0 Å². The molecule has 0 amide bonds. The van der Waals surface area contributed by atoms with Gasteiger partial charge < -0.3 is 14.2 Å². The van der Waals surface area contributed by atoms with Crippen LogP contribution in [0.25, 0.3) is 0 Å². The maximum Gasteiger partial charge on any atom is 0.306 e. The Labute approximate surface area is 480 Å². The topological polar surface area (TPSA) is 78.9 Å². The summed E-state index contributed by atoms with van der Waals surface area (Å²) < 4.78 is 17.0. The number of rotatable bonds is 64. The number of unbranched alkanes of at least 4 members (excludes halogenated alkanes) is 47. The lowest BCUT2D eigenvalue weighted by molar-refractivity contribution is -0.167. The summed E-state index contributed by atoms with van der Waals surface area (Å²) in [6.07, 6.45) is 81.6. The molecule has 0 aromatic heterocycles. The monoisotopic (exact) mass is 1080 g/mol. The van der Waals surface area contributed by atoms with Gasteiger partial charge in [-0.05, 0) is 77.0 Å². The Morgan fingerprint density at radius 2 is 0.468 bits per heavy atom. The molecule has 6 heteroatoms. The normalized spacial score (nSPS) is 12.2. The molecule has 0 radical (unpaired) electrons. The van der Waals surface area contributed by atoms with Gasteiger partial charge in [-0.2, -0.15) is 0 Å². The lowest BCUT2D eigenvalue weighted by Gasteiger charge is -2.18. The summed E-state index contributed by atoms with van der Waals surface area (Å²) >= 11 is 0. The van der Waals surface area contributed by atoms with Crippen molar-refractivity contribution in [1.82, 2.24) is 0 Å². The third kappa shape index (κ3) is 64.3. The van der Waals surface area contributed by atoms with Crippen LogP contribution in [-0.2, 0) is 28.6 Å². The first-order valence-electron chi connectivity index (χ1n) is 34.5. The molecule has 0 aliphatic rings. The molecule has 6 nitrogen and oxygen atoms in total. The van der Waals surface area contributed by atoms with Gasteiger partial charge in [0.25, 0.3) is 0 Å². The van der Waals surface area contributed by atoms with Gasteiger partial charge in [-0.1, -0.05) is 320 Å². The van der Waals surface area contributed by atoms with E-state index in [1.54, 1.807) is 0 Å². The number of esters is 3. The minimum atomic E-state index is -0.775. The van der Waals surface area contributed by atoms with Crippen molar-refractivity contribution in [3.05, 3.63) is 36.5 Å². The molecule has 0 aromatic carbocycles. The maximum atomic E-state index is 12.9. The number of allylic oxidation sites excluding steroid dienone is 6. The zero-order valence-corrected chi connectivity index (χ0v) is 52.0. The van der Waals surface area contributed by atoms with Crippen LogP contribution in [0.5, 0.6) is 0 Å². The average Bonchev–Trinajstić information content (AvgIpc) is 3.43. The largest absolute Gasteiger partial charge is 0.462 e. The molecule has 0 heterocycles. The summed E-state index contributed by atoms with van der Waals surface area (Å²) in [4.78, 5) is 38.4. The van der Waals surface area contributed by atoms with Crippen LogP contribution in [0.1, 0.15) is 380 Å². The SMILES string of the molecule is CCCCCC/C=C\C/C=C\CCCCCCCCCC(=O)OC(COC(=O)CCCCCCCCCCCCCCC/C=C\CCCCCCCCCC)COC(=O)CCCCCCCCCCCCCCCCCC. The fraction of sp³-hybridized carbons (Fsp3) is 0.873. The lowest BCUT2D eigenvalue weighted by atomic mass is 10.0. The minimum absolute atomic E-state index is 0.0704. The zero-order chi connectivity index (χ0) is 55.7. The molecule has 0 aliphatic carbocycles. The quantitative estimate of drug-likeness (QED) is 0.0261. The van der Waals surface area contributed by atoms with Crippen molar-refractivity contribution in [3.63, 3.8) is 0 Å². The highest BCUT2D eigenvalue weighted by molar-refractivity contribution is 5.71. The van der Waals surface area contributed by atoms with Gasteiger partial charge in [-0.15, -0.1) is 0 Å². The lowest BCUT2D eigenvalue weighted by Crippen LogP contribution is -2.30. The van der Waals surface area contributed by atoms with Gasteiger partial charge in [-0.25, -0.2) is 0 Å². The molecule has 1 atom stereocenters. The number of carbonyl (C=O) groups excluding carboxylic acids is 3. The first-order valence-corrected chi connectivity index (χ1v) is 34.5. The number of hydrogen-bond acceptors (Lipinski definition) is 6. The average molecular weight is 1080 g/mol. The second kappa shape index (κ2) is 66.1. The molecular formula is C71H132O6. The molecule has 0 spiro atoms. The van der Waals surface area contributed by atoms with Crippen LogP contribution in [0.2, 0.25) is 0 Å². The second-order valence-corrected chi connectivity index (χ2v) is 23.4. The van der Waals surface area contributed by atoms with Gasteiger partial charge in [0, 0.05) is 19.3 Å². The fourth-order valence-electron chi connectivity index (χ4n) is 10.4. The predicted molar refractivity (Wildman–Crippen MR) is 335 cm³/mol. The molecule has 0 fully saturated rings. The van der Waals surface area contributed by atoms with Crippen LogP contribution in [0.15, 0.2) is 36.5 Å². The van der Waals surface area contributed by atoms with Gasteiger partial charge in [0.2, 0.25) is 0 Å². The van der Waals surface area contributed by atoms with E-state index in [2.05, 4.69) is 57.2 Å². The van der Waals surface area contributed by atoms with Crippen molar-refractivity contribution >= 4 is 17.9 Å². The third-order valence-electron chi connectivity index (χ3n) is 15.6. The number of carbonyl (C=O) groups is 3. The summed E-state index contributed by atoms with van der Waals surface area (Å²) in [6, 6.07) is 0. The zero-order valence-electron chi connectivity index (χ0n) is 52.0. The van der Waals surface area contributed by atoms with Crippen LogP contribution < -0.4 is 0 Å². The van der Waals surface area contributed by atoms with Crippen LogP contribution >= 0.6 is 0 Å². The Morgan fingerprint density at radius 1 is 0.260 bits per heavy atom. The standard InChI is InChI=1S/C71H132O6/c1-4-7-10-13-16-19-22-25-28-31-33-34-35-36-37-38-39-41-43-46-49-52-55-58-61-64-70(73)76-67-68(66-75-69(72)63-60-57-54-51-48-45-42-30-27-24-21-18-15-12-9-6-3)77-71(74)65-62-59-56-53-50-47-44-40-32-29-26-23-20-17-14-11-8-5-2/h20,23,29,31-33,68H,4-19,21-22,24-28,30,34-67H2,1-3H3/b23-20-,32-29-,33-31-. The predicted octanol–water partition coefficient (Wildman–Crippen LogP) is 23.6. The molecule has 0 aliphatic heterocycles. The van der Waals surface area contributed by atoms with Crippen LogP contribution in [0, 0.1) is 0 Å². The van der Waals surface area contributed by atoms with Crippen molar-refractivity contribution in [3.8, 4) is 0 Å². The van der Waals surface area contributed by atoms with E-state index in [1.165, 1.54) is 270 Å². The van der Waals surface area contributed by atoms with E-state index in [4.69, 9.17) is 14.2 Å². The maximum absolute atomic E-state index is 12.9. The summed E-state index contributed by atoms with van der Waals surface area (Å²) in [5.74, 6) is -0.850. The molecule has 0 saturated heterocycles. The van der Waals surface area contributed by atoms with Crippen molar-refractivity contribution < 1.29 is 28.6 Å². The molecule has 0 N–H and O–H groups in total. The molecule has 0 saturated carbocycles. The minimum Gasteiger partial charge on any atom is -0.462 e. The Balaban J connectivity index is 4.28. The highest BCUT2D eigenvalue weighted by Gasteiger charge is 2.19. The summed E-state index contributed by atoms with van der Waals surface area (Å²) in [5, 5.41) is 0. The highest BCUT2D eigenvalue weighted by atomic mass is 16.6. The first-order chi connectivity index (χ1) is 38.0. The molecule has 0 aromatic rings. The molecule has 452 valence electrons. The van der Waals surface area contributed by atoms with Gasteiger partial charge in [-0.3, -0.25) is 14.4 Å². The van der Waals surface area contributed by atoms with Crippen LogP contribution in [0.4, 0.5) is 0 Å².